The molecule has 1 amide bonds. The first-order valence-corrected chi connectivity index (χ1v) is 11.8. The smallest absolute Gasteiger partial charge is 0.259 e. The number of sulfonamides is 1. The fourth-order valence-electron chi connectivity index (χ4n) is 2.39. The van der Waals surface area contributed by atoms with Crippen molar-refractivity contribution in [2.75, 3.05) is 11.9 Å². The molecule has 0 saturated heterocycles. The lowest BCUT2D eigenvalue weighted by molar-refractivity contribution is 0.102. The number of nitrogens with one attached hydrogen (secondary N) is 2. The molecule has 1 atom stereocenters. The van der Waals surface area contributed by atoms with E-state index in [0.29, 0.717) is 35.9 Å². The summed E-state index contributed by atoms with van der Waals surface area (Å²) in [5, 5.41) is 2.79. The van der Waals surface area contributed by atoms with Gasteiger partial charge in [0.2, 0.25) is 10.0 Å². The van der Waals surface area contributed by atoms with E-state index >= 15 is 0 Å². The number of anilines is 1. The van der Waals surface area contributed by atoms with Crippen molar-refractivity contribution in [2.24, 2.45) is 5.92 Å². The van der Waals surface area contributed by atoms with Crippen molar-refractivity contribution in [3.05, 3.63) is 52.5 Å². The molecule has 1 unspecified atom stereocenters. The molecule has 29 heavy (non-hydrogen) atoms. The number of rotatable bonds is 9. The van der Waals surface area contributed by atoms with Crippen LogP contribution in [0.3, 0.4) is 0 Å². The van der Waals surface area contributed by atoms with Crippen LogP contribution in [-0.2, 0) is 10.0 Å². The van der Waals surface area contributed by atoms with Gasteiger partial charge in [0, 0.05) is 16.2 Å². The van der Waals surface area contributed by atoms with E-state index in [1.54, 1.807) is 24.3 Å². The fraction of sp³-hybridized carbons (Fsp3) is 0.381. The summed E-state index contributed by atoms with van der Waals surface area (Å²) in [5.41, 5.74) is 0.891. The molecular formula is C21H27BrN2O4S. The first-order valence-electron chi connectivity index (χ1n) is 9.48. The van der Waals surface area contributed by atoms with Gasteiger partial charge in [0.15, 0.2) is 0 Å². The Morgan fingerprint density at radius 1 is 1.10 bits per heavy atom. The molecule has 0 radical (unpaired) electrons. The lowest BCUT2D eigenvalue weighted by Crippen LogP contribution is -2.31. The van der Waals surface area contributed by atoms with Gasteiger partial charge in [-0.3, -0.25) is 4.79 Å². The lowest BCUT2D eigenvalue weighted by Gasteiger charge is -2.14. The fourth-order valence-corrected chi connectivity index (χ4v) is 4.08. The first-order chi connectivity index (χ1) is 13.6. The van der Waals surface area contributed by atoms with E-state index in [1.165, 1.54) is 12.1 Å². The second-order valence-corrected chi connectivity index (χ2v) is 9.88. The Bertz CT molecular complexity index is 944. The van der Waals surface area contributed by atoms with Crippen LogP contribution in [0.2, 0.25) is 0 Å². The summed E-state index contributed by atoms with van der Waals surface area (Å²) in [6, 6.07) is 11.2. The van der Waals surface area contributed by atoms with E-state index in [4.69, 9.17) is 4.74 Å². The molecule has 0 heterocycles. The number of halogens is 1. The van der Waals surface area contributed by atoms with E-state index < -0.39 is 10.0 Å². The van der Waals surface area contributed by atoms with Crippen LogP contribution < -0.4 is 14.8 Å². The minimum Gasteiger partial charge on any atom is -0.492 e. The predicted molar refractivity (Wildman–Crippen MR) is 119 cm³/mol. The molecule has 0 aliphatic carbocycles. The third kappa shape index (κ3) is 6.83. The van der Waals surface area contributed by atoms with Crippen molar-refractivity contribution < 1.29 is 17.9 Å². The number of carbonyl (C=O) groups excluding carboxylic acids is 1. The molecule has 0 spiro atoms. The summed E-state index contributed by atoms with van der Waals surface area (Å²) in [6.07, 6.45) is 0.696. The maximum absolute atomic E-state index is 12.8. The number of amides is 1. The molecule has 0 fully saturated rings. The van der Waals surface area contributed by atoms with Crippen LogP contribution >= 0.6 is 15.9 Å². The van der Waals surface area contributed by atoms with Crippen molar-refractivity contribution in [3.63, 3.8) is 0 Å². The van der Waals surface area contributed by atoms with E-state index in [-0.39, 0.29) is 16.8 Å². The largest absolute Gasteiger partial charge is 0.492 e. The molecule has 6 nitrogen and oxygen atoms in total. The predicted octanol–water partition coefficient (Wildman–Crippen LogP) is 4.81. The molecule has 2 aromatic carbocycles. The van der Waals surface area contributed by atoms with Crippen molar-refractivity contribution in [1.82, 2.24) is 4.72 Å². The number of carbonyl (C=O) groups is 1. The van der Waals surface area contributed by atoms with Gasteiger partial charge in [-0.15, -0.1) is 0 Å². The zero-order valence-electron chi connectivity index (χ0n) is 17.0. The molecule has 0 aliphatic rings. The highest BCUT2D eigenvalue weighted by molar-refractivity contribution is 9.10. The summed E-state index contributed by atoms with van der Waals surface area (Å²) in [7, 11) is -3.59. The molecule has 2 aromatic rings. The molecule has 0 aliphatic heterocycles. The zero-order valence-corrected chi connectivity index (χ0v) is 19.4. The molecule has 0 saturated carbocycles. The number of benzene rings is 2. The van der Waals surface area contributed by atoms with Crippen LogP contribution in [0.4, 0.5) is 5.69 Å². The number of hydrogen-bond donors (Lipinski definition) is 2. The molecule has 0 aromatic heterocycles. The Morgan fingerprint density at radius 2 is 1.76 bits per heavy atom. The van der Waals surface area contributed by atoms with Crippen molar-refractivity contribution >= 4 is 37.5 Å². The lowest BCUT2D eigenvalue weighted by atomic mass is 10.1. The maximum Gasteiger partial charge on any atom is 0.259 e. The number of hydrogen-bond acceptors (Lipinski definition) is 4. The third-order valence-corrected chi connectivity index (χ3v) is 6.25. The minimum atomic E-state index is -3.59. The Balaban J connectivity index is 2.16. The van der Waals surface area contributed by atoms with Crippen molar-refractivity contribution in [1.29, 1.82) is 0 Å². The molecule has 8 heteroatoms. The monoisotopic (exact) mass is 482 g/mol. The van der Waals surface area contributed by atoms with Gasteiger partial charge in [0.05, 0.1) is 17.1 Å². The summed E-state index contributed by atoms with van der Waals surface area (Å²) >= 11 is 3.38. The van der Waals surface area contributed by atoms with Gasteiger partial charge in [-0.2, -0.15) is 0 Å². The Morgan fingerprint density at radius 3 is 2.34 bits per heavy atom. The van der Waals surface area contributed by atoms with E-state index in [0.717, 1.165) is 4.47 Å². The highest BCUT2D eigenvalue weighted by Gasteiger charge is 2.18. The molecule has 0 bridgehead atoms. The topological polar surface area (TPSA) is 84.5 Å². The van der Waals surface area contributed by atoms with Crippen LogP contribution in [0.25, 0.3) is 0 Å². The highest BCUT2D eigenvalue weighted by atomic mass is 79.9. The van der Waals surface area contributed by atoms with Gasteiger partial charge in [-0.25, -0.2) is 13.1 Å². The number of ether oxygens (including phenoxy) is 1. The van der Waals surface area contributed by atoms with Crippen molar-refractivity contribution in [3.8, 4) is 5.75 Å². The summed E-state index contributed by atoms with van der Waals surface area (Å²) < 4.78 is 33.8. The van der Waals surface area contributed by atoms with Gasteiger partial charge in [-0.05, 0) is 61.7 Å². The Labute approximate surface area is 181 Å². The normalized spacial score (nSPS) is 12.6. The van der Waals surface area contributed by atoms with Gasteiger partial charge >= 0.3 is 0 Å². The average molecular weight is 483 g/mol. The SMILES string of the molecule is CCC(C)NS(=O)(=O)c1ccc(NC(=O)c2cc(Br)ccc2OCC(C)C)cc1. The van der Waals surface area contributed by atoms with Gasteiger partial charge in [0.1, 0.15) is 5.75 Å². The molecule has 2 N–H and O–H groups in total. The molecular weight excluding hydrogens is 456 g/mol. The second kappa shape index (κ2) is 10.2. The zero-order chi connectivity index (χ0) is 21.6. The minimum absolute atomic E-state index is 0.152. The molecule has 158 valence electrons. The Hall–Kier alpha value is -1.90. The van der Waals surface area contributed by atoms with E-state index in [2.05, 4.69) is 26.0 Å². The third-order valence-electron chi connectivity index (χ3n) is 4.15. The van der Waals surface area contributed by atoms with Crippen LogP contribution in [0.1, 0.15) is 44.5 Å². The van der Waals surface area contributed by atoms with Crippen LogP contribution in [0, 0.1) is 5.92 Å². The summed E-state index contributed by atoms with van der Waals surface area (Å²) in [4.78, 5) is 12.9. The first kappa shape index (κ1) is 23.4. The van der Waals surface area contributed by atoms with Gasteiger partial charge in [0.25, 0.3) is 5.91 Å². The van der Waals surface area contributed by atoms with Crippen LogP contribution in [0.5, 0.6) is 5.75 Å². The van der Waals surface area contributed by atoms with Gasteiger partial charge in [-0.1, -0.05) is 36.7 Å². The van der Waals surface area contributed by atoms with Crippen LogP contribution in [-0.4, -0.2) is 27.0 Å². The second-order valence-electron chi connectivity index (χ2n) is 7.25. The summed E-state index contributed by atoms with van der Waals surface area (Å²) in [6.45, 7) is 8.28. The van der Waals surface area contributed by atoms with Gasteiger partial charge < -0.3 is 10.1 Å². The summed E-state index contributed by atoms with van der Waals surface area (Å²) in [5.74, 6) is 0.489. The quantitative estimate of drug-likeness (QED) is 0.536. The standard InChI is InChI=1S/C21H27BrN2O4S/c1-5-15(4)24-29(26,27)18-9-7-17(8-10-18)23-21(25)19-12-16(22)6-11-20(19)28-13-14(2)3/h6-12,14-15,24H,5,13H2,1-4H3,(H,23,25). The average Bonchev–Trinajstić information content (AvgIpc) is 2.66. The van der Waals surface area contributed by atoms with Crippen molar-refractivity contribution in [2.45, 2.75) is 45.1 Å². The highest BCUT2D eigenvalue weighted by Crippen LogP contribution is 2.25. The van der Waals surface area contributed by atoms with E-state index in [1.807, 2.05) is 33.8 Å². The van der Waals surface area contributed by atoms with Crippen LogP contribution in [0.15, 0.2) is 51.8 Å². The molecule has 2 rings (SSSR count). The van der Waals surface area contributed by atoms with E-state index in [9.17, 15) is 13.2 Å². The Kier molecular flexibility index (Phi) is 8.24. The maximum atomic E-state index is 12.8.